The van der Waals surface area contributed by atoms with Crippen molar-refractivity contribution in [2.75, 3.05) is 26.2 Å². The van der Waals surface area contributed by atoms with Crippen LogP contribution in [0.15, 0.2) is 28.9 Å². The first-order valence-corrected chi connectivity index (χ1v) is 10.0. The third-order valence-corrected chi connectivity index (χ3v) is 5.43. The molecule has 28 heavy (non-hydrogen) atoms. The van der Waals surface area contributed by atoms with Gasteiger partial charge in [-0.05, 0) is 31.0 Å². The van der Waals surface area contributed by atoms with Crippen molar-refractivity contribution in [1.82, 2.24) is 24.9 Å². The molecule has 1 aliphatic heterocycles. The maximum absolute atomic E-state index is 12.7. The molecule has 4 rings (SSSR count). The molecule has 1 saturated heterocycles. The number of benzene rings is 1. The van der Waals surface area contributed by atoms with E-state index in [2.05, 4.69) is 45.1 Å². The van der Waals surface area contributed by atoms with Gasteiger partial charge in [-0.3, -0.25) is 9.69 Å². The van der Waals surface area contributed by atoms with E-state index >= 15 is 0 Å². The molecule has 1 aliphatic rings. The number of rotatable bonds is 6. The number of amides is 1. The largest absolute Gasteiger partial charge is 0.361 e. The zero-order valence-corrected chi connectivity index (χ0v) is 16.6. The van der Waals surface area contributed by atoms with Gasteiger partial charge < -0.3 is 14.4 Å². The Labute approximate surface area is 164 Å². The van der Waals surface area contributed by atoms with Gasteiger partial charge in [0, 0.05) is 56.1 Å². The van der Waals surface area contributed by atoms with Crippen LogP contribution in [0.25, 0.3) is 10.9 Å². The highest BCUT2D eigenvalue weighted by molar-refractivity contribution is 5.85. The maximum atomic E-state index is 12.7. The molecule has 0 bridgehead atoms. The lowest BCUT2D eigenvalue weighted by Gasteiger charge is -2.34. The second-order valence-electron chi connectivity index (χ2n) is 7.48. The van der Waals surface area contributed by atoms with E-state index in [0.717, 1.165) is 50.4 Å². The number of aryl methyl sites for hydroxylation is 3. The summed E-state index contributed by atoms with van der Waals surface area (Å²) >= 11 is 0. The van der Waals surface area contributed by atoms with Crippen molar-refractivity contribution < 1.29 is 9.32 Å². The Morgan fingerprint density at radius 1 is 1.25 bits per heavy atom. The minimum Gasteiger partial charge on any atom is -0.361 e. The number of piperazine rings is 1. The van der Waals surface area contributed by atoms with Gasteiger partial charge in [-0.2, -0.15) is 4.98 Å². The predicted octanol–water partition coefficient (Wildman–Crippen LogP) is 2.70. The third kappa shape index (κ3) is 4.09. The van der Waals surface area contributed by atoms with Gasteiger partial charge in [0.25, 0.3) is 0 Å². The Morgan fingerprint density at radius 2 is 2.07 bits per heavy atom. The molecular weight excluding hydrogens is 354 g/mol. The Hall–Kier alpha value is -2.67. The van der Waals surface area contributed by atoms with Gasteiger partial charge in [-0.1, -0.05) is 23.7 Å². The Kier molecular flexibility index (Phi) is 5.43. The summed E-state index contributed by atoms with van der Waals surface area (Å²) in [6.45, 7) is 7.97. The van der Waals surface area contributed by atoms with Crippen LogP contribution >= 0.6 is 0 Å². The molecule has 7 heteroatoms. The van der Waals surface area contributed by atoms with E-state index in [9.17, 15) is 4.79 Å². The molecule has 1 fully saturated rings. The normalized spacial score (nSPS) is 15.4. The lowest BCUT2D eigenvalue weighted by molar-refractivity contribution is -0.133. The first-order chi connectivity index (χ1) is 13.6. The number of fused-ring (bicyclic) bond motifs is 1. The summed E-state index contributed by atoms with van der Waals surface area (Å²) in [5.74, 6) is 1.64. The summed E-state index contributed by atoms with van der Waals surface area (Å²) in [5, 5.41) is 5.24. The van der Waals surface area contributed by atoms with Gasteiger partial charge in [-0.25, -0.2) is 0 Å². The van der Waals surface area contributed by atoms with Crippen LogP contribution in [0, 0.1) is 6.92 Å². The summed E-state index contributed by atoms with van der Waals surface area (Å²) in [5.41, 5.74) is 3.59. The first kappa shape index (κ1) is 18.7. The molecule has 0 spiro atoms. The standard InChI is InChI=1S/C21H27N5O2/c1-3-20-23-19(24-28-20)14-25-8-10-26(11-9-25)21(27)7-5-16-13-22-18-6-4-15(2)12-17(16)18/h4,6,12-13,22H,3,5,7-11,14H2,1-2H3. The van der Waals surface area contributed by atoms with Gasteiger partial charge in [0.1, 0.15) is 0 Å². The predicted molar refractivity (Wildman–Crippen MR) is 107 cm³/mol. The number of nitrogens with zero attached hydrogens (tertiary/aromatic N) is 4. The lowest BCUT2D eigenvalue weighted by Crippen LogP contribution is -2.48. The number of carbonyl (C=O) groups is 1. The van der Waals surface area contributed by atoms with Crippen molar-refractivity contribution in [3.05, 3.63) is 47.2 Å². The second kappa shape index (κ2) is 8.14. The van der Waals surface area contributed by atoms with E-state index in [-0.39, 0.29) is 5.91 Å². The summed E-state index contributed by atoms with van der Waals surface area (Å²) in [7, 11) is 0. The zero-order valence-electron chi connectivity index (χ0n) is 16.6. The minimum absolute atomic E-state index is 0.231. The van der Waals surface area contributed by atoms with Crippen LogP contribution in [0.5, 0.6) is 0 Å². The number of hydrogen-bond acceptors (Lipinski definition) is 5. The lowest BCUT2D eigenvalue weighted by atomic mass is 10.1. The van der Waals surface area contributed by atoms with Crippen LogP contribution in [0.4, 0.5) is 0 Å². The molecule has 148 valence electrons. The SMILES string of the molecule is CCc1nc(CN2CCN(C(=O)CCc3c[nH]c4ccc(C)cc34)CC2)no1. The molecule has 2 aromatic heterocycles. The summed E-state index contributed by atoms with van der Waals surface area (Å²) in [6, 6.07) is 6.39. The van der Waals surface area contributed by atoms with Crippen molar-refractivity contribution in [3.8, 4) is 0 Å². The van der Waals surface area contributed by atoms with Gasteiger partial charge in [0.2, 0.25) is 11.8 Å². The number of carbonyl (C=O) groups excluding carboxylic acids is 1. The highest BCUT2D eigenvalue weighted by Gasteiger charge is 2.22. The zero-order chi connectivity index (χ0) is 19.5. The fraction of sp³-hybridized carbons (Fsp3) is 0.476. The molecular formula is C21H27N5O2. The number of hydrogen-bond donors (Lipinski definition) is 1. The maximum Gasteiger partial charge on any atom is 0.226 e. The van der Waals surface area contributed by atoms with Crippen LogP contribution in [0.1, 0.15) is 36.2 Å². The fourth-order valence-corrected chi connectivity index (χ4v) is 3.75. The molecule has 1 N–H and O–H groups in total. The van der Waals surface area contributed by atoms with Crippen LogP contribution in [-0.2, 0) is 24.2 Å². The number of H-pyrrole nitrogens is 1. The Bertz CT molecular complexity index is 953. The fourth-order valence-electron chi connectivity index (χ4n) is 3.75. The monoisotopic (exact) mass is 381 g/mol. The molecule has 3 aromatic rings. The van der Waals surface area contributed by atoms with Crippen molar-refractivity contribution in [2.24, 2.45) is 0 Å². The van der Waals surface area contributed by atoms with Gasteiger partial charge in [0.05, 0.1) is 6.54 Å². The van der Waals surface area contributed by atoms with Crippen LogP contribution < -0.4 is 0 Å². The average molecular weight is 381 g/mol. The van der Waals surface area contributed by atoms with Crippen molar-refractivity contribution in [3.63, 3.8) is 0 Å². The number of nitrogens with one attached hydrogen (secondary N) is 1. The highest BCUT2D eigenvalue weighted by Crippen LogP contribution is 2.21. The van der Waals surface area contributed by atoms with Crippen molar-refractivity contribution >= 4 is 16.8 Å². The summed E-state index contributed by atoms with van der Waals surface area (Å²) < 4.78 is 5.17. The molecule has 0 atom stereocenters. The third-order valence-electron chi connectivity index (χ3n) is 5.43. The molecule has 3 heterocycles. The number of aromatic nitrogens is 3. The number of aromatic amines is 1. The minimum atomic E-state index is 0.231. The van der Waals surface area contributed by atoms with E-state index in [1.54, 1.807) is 0 Å². The van der Waals surface area contributed by atoms with Gasteiger partial charge >= 0.3 is 0 Å². The molecule has 0 radical (unpaired) electrons. The van der Waals surface area contributed by atoms with Crippen LogP contribution in [-0.4, -0.2) is 57.0 Å². The molecule has 1 aromatic carbocycles. The van der Waals surface area contributed by atoms with E-state index in [1.807, 2.05) is 18.0 Å². The topological polar surface area (TPSA) is 78.3 Å². The van der Waals surface area contributed by atoms with Crippen molar-refractivity contribution in [2.45, 2.75) is 39.7 Å². The molecule has 0 unspecified atom stereocenters. The second-order valence-corrected chi connectivity index (χ2v) is 7.48. The molecule has 7 nitrogen and oxygen atoms in total. The van der Waals surface area contributed by atoms with Crippen LogP contribution in [0.3, 0.4) is 0 Å². The smallest absolute Gasteiger partial charge is 0.226 e. The first-order valence-electron chi connectivity index (χ1n) is 10.0. The quantitative estimate of drug-likeness (QED) is 0.710. The summed E-state index contributed by atoms with van der Waals surface area (Å²) in [6.07, 6.45) is 4.10. The average Bonchev–Trinajstić information content (AvgIpc) is 3.33. The van der Waals surface area contributed by atoms with E-state index in [0.29, 0.717) is 18.9 Å². The summed E-state index contributed by atoms with van der Waals surface area (Å²) in [4.78, 5) is 24.6. The highest BCUT2D eigenvalue weighted by atomic mass is 16.5. The van der Waals surface area contributed by atoms with E-state index < -0.39 is 0 Å². The van der Waals surface area contributed by atoms with E-state index in [4.69, 9.17) is 4.52 Å². The van der Waals surface area contributed by atoms with Gasteiger partial charge in [-0.15, -0.1) is 0 Å². The van der Waals surface area contributed by atoms with Crippen molar-refractivity contribution in [1.29, 1.82) is 0 Å². The Morgan fingerprint density at radius 3 is 2.82 bits per heavy atom. The van der Waals surface area contributed by atoms with Crippen LogP contribution in [0.2, 0.25) is 0 Å². The van der Waals surface area contributed by atoms with Gasteiger partial charge in [0.15, 0.2) is 5.82 Å². The molecule has 0 aliphatic carbocycles. The van der Waals surface area contributed by atoms with E-state index in [1.165, 1.54) is 16.5 Å². The Balaban J connectivity index is 1.27. The molecule has 1 amide bonds. The molecule has 0 saturated carbocycles.